The molecule has 3 atom stereocenters. The van der Waals surface area contributed by atoms with Crippen LogP contribution in [0.5, 0.6) is 0 Å². The van der Waals surface area contributed by atoms with Gasteiger partial charge in [-0.2, -0.15) is 5.26 Å². The average Bonchev–Trinajstić information content (AvgIpc) is 3.16. The summed E-state index contributed by atoms with van der Waals surface area (Å²) in [5, 5.41) is 11.5. The molecule has 0 saturated carbocycles. The average molecular weight is 371 g/mol. The van der Waals surface area contributed by atoms with E-state index in [1.807, 2.05) is 53.9 Å². The van der Waals surface area contributed by atoms with Crippen molar-refractivity contribution in [1.29, 1.82) is 5.26 Å². The van der Waals surface area contributed by atoms with Crippen molar-refractivity contribution in [2.45, 2.75) is 26.2 Å². The molecule has 2 heterocycles. The van der Waals surface area contributed by atoms with E-state index in [2.05, 4.69) is 48.5 Å². The third-order valence-corrected chi connectivity index (χ3v) is 6.77. The van der Waals surface area contributed by atoms with Gasteiger partial charge in [0.05, 0.1) is 17.3 Å². The van der Waals surface area contributed by atoms with Gasteiger partial charge in [-0.05, 0) is 53.5 Å². The lowest BCUT2D eigenvalue weighted by Gasteiger charge is -2.32. The smallest absolute Gasteiger partial charge is 0.0998 e. The lowest BCUT2D eigenvalue weighted by molar-refractivity contribution is 0.336. The van der Waals surface area contributed by atoms with Gasteiger partial charge in [-0.15, -0.1) is 11.3 Å². The first kappa shape index (κ1) is 17.7. The number of fused-ring (bicyclic) bond motifs is 1. The van der Waals surface area contributed by atoms with Gasteiger partial charge in [-0.1, -0.05) is 44.2 Å². The van der Waals surface area contributed by atoms with Crippen LogP contribution in [0.2, 0.25) is 0 Å². The standard InChI is InChI=1S/C24H22N2S/c1-16-13-18-11-12-27-24(18)22(17(16)2)10-9-21-8-7-20(15-26-21)23-6-4-3-5-19(23)14-25/h3-12,15-17,22H,13H2,1-2H3/b10-9+. The van der Waals surface area contributed by atoms with Gasteiger partial charge in [0.1, 0.15) is 0 Å². The third-order valence-electron chi connectivity index (χ3n) is 5.71. The summed E-state index contributed by atoms with van der Waals surface area (Å²) in [6.07, 6.45) is 7.51. The molecule has 0 saturated heterocycles. The second-order valence-electron chi connectivity index (χ2n) is 7.36. The van der Waals surface area contributed by atoms with E-state index in [0.717, 1.165) is 16.8 Å². The van der Waals surface area contributed by atoms with Crippen molar-refractivity contribution in [3.8, 4) is 17.2 Å². The Morgan fingerprint density at radius 3 is 2.78 bits per heavy atom. The van der Waals surface area contributed by atoms with Crippen LogP contribution in [0.3, 0.4) is 0 Å². The summed E-state index contributed by atoms with van der Waals surface area (Å²) in [7, 11) is 0. The highest BCUT2D eigenvalue weighted by Crippen LogP contribution is 2.43. The summed E-state index contributed by atoms with van der Waals surface area (Å²) in [4.78, 5) is 6.12. The maximum absolute atomic E-state index is 9.29. The maximum Gasteiger partial charge on any atom is 0.0998 e. The summed E-state index contributed by atoms with van der Waals surface area (Å²) >= 11 is 1.88. The predicted octanol–water partition coefficient (Wildman–Crippen LogP) is 6.31. The Morgan fingerprint density at radius 2 is 2.00 bits per heavy atom. The van der Waals surface area contributed by atoms with E-state index in [0.29, 0.717) is 23.3 Å². The molecule has 0 radical (unpaired) electrons. The Kier molecular flexibility index (Phi) is 4.92. The Labute approximate surface area is 164 Å². The molecule has 134 valence electrons. The number of hydrogen-bond donors (Lipinski definition) is 0. The van der Waals surface area contributed by atoms with E-state index < -0.39 is 0 Å². The van der Waals surface area contributed by atoms with E-state index in [1.165, 1.54) is 16.9 Å². The minimum absolute atomic E-state index is 0.463. The summed E-state index contributed by atoms with van der Waals surface area (Å²) in [6.45, 7) is 4.71. The molecule has 27 heavy (non-hydrogen) atoms. The van der Waals surface area contributed by atoms with E-state index >= 15 is 0 Å². The number of nitrogens with zero attached hydrogens (tertiary/aromatic N) is 2. The molecule has 2 nitrogen and oxygen atoms in total. The van der Waals surface area contributed by atoms with E-state index in [9.17, 15) is 5.26 Å². The van der Waals surface area contributed by atoms with E-state index in [1.54, 1.807) is 0 Å². The van der Waals surface area contributed by atoms with Crippen molar-refractivity contribution >= 4 is 17.4 Å². The zero-order chi connectivity index (χ0) is 18.8. The van der Waals surface area contributed by atoms with E-state index in [-0.39, 0.29) is 0 Å². The molecule has 3 heteroatoms. The molecule has 1 aromatic carbocycles. The number of nitriles is 1. The van der Waals surface area contributed by atoms with Gasteiger partial charge < -0.3 is 0 Å². The number of allylic oxidation sites excluding steroid dienone is 1. The van der Waals surface area contributed by atoms with Crippen molar-refractivity contribution in [2.75, 3.05) is 0 Å². The molecule has 1 aliphatic rings. The van der Waals surface area contributed by atoms with Crippen LogP contribution < -0.4 is 0 Å². The van der Waals surface area contributed by atoms with Crippen LogP contribution in [0.1, 0.15) is 41.5 Å². The van der Waals surface area contributed by atoms with Crippen LogP contribution in [0.15, 0.2) is 60.1 Å². The molecule has 3 unspecified atom stereocenters. The van der Waals surface area contributed by atoms with Crippen LogP contribution in [-0.2, 0) is 6.42 Å². The maximum atomic E-state index is 9.29. The number of benzene rings is 1. The lowest BCUT2D eigenvalue weighted by Crippen LogP contribution is -2.23. The predicted molar refractivity (Wildman–Crippen MR) is 113 cm³/mol. The zero-order valence-electron chi connectivity index (χ0n) is 15.6. The van der Waals surface area contributed by atoms with Gasteiger partial charge in [0, 0.05) is 28.1 Å². The Hall–Kier alpha value is -2.70. The summed E-state index contributed by atoms with van der Waals surface area (Å²) in [5.74, 6) is 1.79. The number of thiophene rings is 1. The van der Waals surface area contributed by atoms with Crippen molar-refractivity contribution in [3.63, 3.8) is 0 Å². The summed E-state index contributed by atoms with van der Waals surface area (Å²) < 4.78 is 0. The fourth-order valence-electron chi connectivity index (χ4n) is 3.89. The van der Waals surface area contributed by atoms with E-state index in [4.69, 9.17) is 0 Å². The molecular weight excluding hydrogens is 348 g/mol. The van der Waals surface area contributed by atoms with Crippen LogP contribution in [-0.4, -0.2) is 4.98 Å². The highest BCUT2D eigenvalue weighted by molar-refractivity contribution is 7.10. The normalized spacial score (nSPS) is 21.7. The van der Waals surface area contributed by atoms with Crippen LogP contribution in [0.25, 0.3) is 17.2 Å². The van der Waals surface area contributed by atoms with Crippen molar-refractivity contribution in [1.82, 2.24) is 4.98 Å². The number of pyridine rings is 1. The quantitative estimate of drug-likeness (QED) is 0.542. The molecule has 4 rings (SSSR count). The lowest BCUT2D eigenvalue weighted by atomic mass is 9.74. The Bertz CT molecular complexity index is 1010. The first-order valence-corrected chi connectivity index (χ1v) is 10.3. The van der Waals surface area contributed by atoms with Crippen LogP contribution >= 0.6 is 11.3 Å². The molecule has 0 aliphatic heterocycles. The second kappa shape index (κ2) is 7.50. The molecule has 0 spiro atoms. The molecule has 0 fully saturated rings. The van der Waals surface area contributed by atoms with Gasteiger partial charge >= 0.3 is 0 Å². The van der Waals surface area contributed by atoms with Crippen molar-refractivity contribution < 1.29 is 0 Å². The summed E-state index contributed by atoms with van der Waals surface area (Å²) in [6, 6.07) is 16.3. The first-order valence-electron chi connectivity index (χ1n) is 9.37. The first-order chi connectivity index (χ1) is 13.2. The largest absolute Gasteiger partial charge is 0.256 e. The monoisotopic (exact) mass is 370 g/mol. The Balaban J connectivity index is 1.58. The number of aromatic nitrogens is 1. The molecular formula is C24H22N2S. The van der Waals surface area contributed by atoms with Crippen molar-refractivity contribution in [2.24, 2.45) is 11.8 Å². The molecule has 0 bridgehead atoms. The molecule has 1 aliphatic carbocycles. The van der Waals surface area contributed by atoms with Crippen LogP contribution in [0.4, 0.5) is 0 Å². The van der Waals surface area contributed by atoms with Gasteiger partial charge in [0.15, 0.2) is 0 Å². The minimum Gasteiger partial charge on any atom is -0.256 e. The molecule has 0 amide bonds. The Morgan fingerprint density at radius 1 is 1.15 bits per heavy atom. The number of hydrogen-bond acceptors (Lipinski definition) is 3. The highest BCUT2D eigenvalue weighted by atomic mass is 32.1. The SMILES string of the molecule is CC1Cc2ccsc2C(/C=C/c2ccc(-c3ccccc3C#N)cn2)C1C. The highest BCUT2D eigenvalue weighted by Gasteiger charge is 2.30. The fourth-order valence-corrected chi connectivity index (χ4v) is 5.03. The second-order valence-corrected chi connectivity index (χ2v) is 8.31. The fraction of sp³-hybridized carbons (Fsp3) is 0.250. The minimum atomic E-state index is 0.463. The van der Waals surface area contributed by atoms with Gasteiger partial charge in [0.25, 0.3) is 0 Å². The molecule has 0 N–H and O–H groups in total. The topological polar surface area (TPSA) is 36.7 Å². The number of rotatable bonds is 3. The zero-order valence-corrected chi connectivity index (χ0v) is 16.4. The molecule has 2 aromatic heterocycles. The van der Waals surface area contributed by atoms with Crippen LogP contribution in [0, 0.1) is 23.2 Å². The van der Waals surface area contributed by atoms with Crippen molar-refractivity contribution in [3.05, 3.63) is 81.8 Å². The van der Waals surface area contributed by atoms with Gasteiger partial charge in [-0.3, -0.25) is 4.98 Å². The van der Waals surface area contributed by atoms with Gasteiger partial charge in [0.2, 0.25) is 0 Å². The third kappa shape index (κ3) is 3.46. The summed E-state index contributed by atoms with van der Waals surface area (Å²) in [5.41, 5.74) is 5.05. The molecule has 3 aromatic rings. The van der Waals surface area contributed by atoms with Gasteiger partial charge in [-0.25, -0.2) is 0 Å².